The monoisotopic (exact) mass is 449 g/mol. The second kappa shape index (κ2) is 10.1. The van der Waals surface area contributed by atoms with Gasteiger partial charge in [-0.25, -0.2) is 9.97 Å². The number of benzene rings is 1. The number of rotatable bonds is 7. The lowest BCUT2D eigenvalue weighted by Gasteiger charge is -2.36. The number of hydrogen-bond donors (Lipinski definition) is 0. The lowest BCUT2D eigenvalue weighted by molar-refractivity contribution is 0.0606. The number of piperidine rings is 1. The third-order valence-corrected chi connectivity index (χ3v) is 5.85. The molecule has 1 aliphatic heterocycles. The van der Waals surface area contributed by atoms with E-state index in [0.717, 1.165) is 41.8 Å². The first-order chi connectivity index (χ1) is 16.0. The van der Waals surface area contributed by atoms with Gasteiger partial charge in [0.15, 0.2) is 5.76 Å². The zero-order valence-electron chi connectivity index (χ0n) is 19.7. The molecule has 0 aliphatic carbocycles. The van der Waals surface area contributed by atoms with E-state index in [1.807, 2.05) is 68.1 Å². The fourth-order valence-electron chi connectivity index (χ4n) is 4.12. The smallest absolute Gasteiger partial charge is 0.254 e. The maximum absolute atomic E-state index is 13.6. The van der Waals surface area contributed by atoms with Crippen LogP contribution in [0.1, 0.15) is 59.5 Å². The number of aromatic nitrogens is 3. The van der Waals surface area contributed by atoms with Gasteiger partial charge in [0.25, 0.3) is 5.91 Å². The van der Waals surface area contributed by atoms with E-state index in [1.165, 1.54) is 0 Å². The van der Waals surface area contributed by atoms with Gasteiger partial charge < -0.3 is 19.1 Å². The molecule has 0 spiro atoms. The number of anilines is 1. The fourth-order valence-corrected chi connectivity index (χ4v) is 4.12. The Morgan fingerprint density at radius 1 is 1.24 bits per heavy atom. The molecule has 174 valence electrons. The molecule has 0 N–H and O–H groups in total. The highest BCUT2D eigenvalue weighted by atomic mass is 16.5. The summed E-state index contributed by atoms with van der Waals surface area (Å²) in [5.41, 5.74) is 4.08. The molecule has 3 aromatic rings. The Hall–Kier alpha value is -3.26. The first-order valence-electron chi connectivity index (χ1n) is 11.4. The first kappa shape index (κ1) is 22.9. The minimum absolute atomic E-state index is 0.00683. The Morgan fingerprint density at radius 3 is 2.70 bits per heavy atom. The maximum atomic E-state index is 13.6. The molecule has 4 rings (SSSR count). The van der Waals surface area contributed by atoms with Crippen LogP contribution >= 0.6 is 0 Å². The number of nitrogens with zero attached hydrogens (tertiary/aromatic N) is 5. The van der Waals surface area contributed by atoms with Crippen LogP contribution in [-0.2, 0) is 11.3 Å². The molecular formula is C25H31N5O3. The lowest BCUT2D eigenvalue weighted by atomic mass is 9.94. The van der Waals surface area contributed by atoms with Crippen molar-refractivity contribution in [3.05, 3.63) is 59.0 Å². The van der Waals surface area contributed by atoms with Crippen molar-refractivity contribution in [2.75, 3.05) is 32.1 Å². The summed E-state index contributed by atoms with van der Waals surface area (Å²) in [6.07, 6.45) is 4.60. The second-order valence-electron chi connectivity index (χ2n) is 8.54. The van der Waals surface area contributed by atoms with Crippen molar-refractivity contribution >= 4 is 11.9 Å². The Balaban J connectivity index is 1.69. The van der Waals surface area contributed by atoms with Crippen molar-refractivity contribution in [3.63, 3.8) is 0 Å². The summed E-state index contributed by atoms with van der Waals surface area (Å²) >= 11 is 0. The number of likely N-dealkylation sites (tertiary alicyclic amines) is 1. The highest BCUT2D eigenvalue weighted by Gasteiger charge is 2.33. The zero-order chi connectivity index (χ0) is 23.4. The number of aryl methyl sites for hydroxylation is 1. The van der Waals surface area contributed by atoms with Gasteiger partial charge >= 0.3 is 0 Å². The van der Waals surface area contributed by atoms with Crippen molar-refractivity contribution < 1.29 is 14.1 Å². The van der Waals surface area contributed by atoms with Crippen molar-refractivity contribution in [1.29, 1.82) is 0 Å². The number of hydrogen-bond acceptors (Lipinski definition) is 7. The number of ether oxygens (including phenoxy) is 1. The van der Waals surface area contributed by atoms with Gasteiger partial charge in [-0.3, -0.25) is 4.79 Å². The summed E-state index contributed by atoms with van der Waals surface area (Å²) in [5, 5.41) is 4.04. The normalized spacial score (nSPS) is 16.1. The third-order valence-electron chi connectivity index (χ3n) is 5.85. The third kappa shape index (κ3) is 5.06. The lowest BCUT2D eigenvalue weighted by Crippen LogP contribution is -2.39. The highest BCUT2D eigenvalue weighted by molar-refractivity contribution is 5.94. The standard InChI is InChI=1S/C25H31N5O3/c1-5-32-16-18-9-11-19(12-10-18)24(31)30-13-7-6-8-21(30)23-20(22-14-17(2)28-33-22)15-26-25(27-23)29(3)4/h9-12,14-15,21H,5-8,13,16H2,1-4H3. The van der Waals surface area contributed by atoms with Gasteiger partial charge in [0.2, 0.25) is 5.95 Å². The molecule has 1 aliphatic rings. The molecule has 1 unspecified atom stereocenters. The van der Waals surface area contributed by atoms with E-state index in [1.54, 1.807) is 6.20 Å². The highest BCUT2D eigenvalue weighted by Crippen LogP contribution is 2.37. The van der Waals surface area contributed by atoms with Gasteiger partial charge in [-0.1, -0.05) is 17.3 Å². The Morgan fingerprint density at radius 2 is 2.03 bits per heavy atom. The minimum atomic E-state index is -0.170. The predicted octanol–water partition coefficient (Wildman–Crippen LogP) is 4.41. The van der Waals surface area contributed by atoms with Crippen LogP contribution < -0.4 is 4.90 Å². The predicted molar refractivity (Wildman–Crippen MR) is 126 cm³/mol. The molecule has 0 saturated carbocycles. The SMILES string of the molecule is CCOCc1ccc(C(=O)N2CCCCC2c2nc(N(C)C)ncc2-c2cc(C)no2)cc1. The fraction of sp³-hybridized carbons (Fsp3) is 0.440. The summed E-state index contributed by atoms with van der Waals surface area (Å²) in [7, 11) is 3.82. The van der Waals surface area contributed by atoms with Crippen LogP contribution in [0.15, 0.2) is 41.1 Å². The molecular weight excluding hydrogens is 418 g/mol. The van der Waals surface area contributed by atoms with Crippen LogP contribution in [0.3, 0.4) is 0 Å². The van der Waals surface area contributed by atoms with Gasteiger partial charge in [0, 0.05) is 45.1 Å². The number of amides is 1. The van der Waals surface area contributed by atoms with Gasteiger partial charge in [-0.2, -0.15) is 0 Å². The molecule has 2 aromatic heterocycles. The molecule has 8 nitrogen and oxygen atoms in total. The van der Waals surface area contributed by atoms with E-state index in [-0.39, 0.29) is 11.9 Å². The summed E-state index contributed by atoms with van der Waals surface area (Å²) in [4.78, 5) is 26.8. The average molecular weight is 450 g/mol. The molecule has 8 heteroatoms. The summed E-state index contributed by atoms with van der Waals surface area (Å²) in [6, 6.07) is 9.39. The largest absolute Gasteiger partial charge is 0.377 e. The van der Waals surface area contributed by atoms with E-state index < -0.39 is 0 Å². The van der Waals surface area contributed by atoms with Crippen LogP contribution in [-0.4, -0.2) is 53.2 Å². The number of carbonyl (C=O) groups is 1. The molecule has 1 aromatic carbocycles. The van der Waals surface area contributed by atoms with Crippen LogP contribution in [0.5, 0.6) is 0 Å². The molecule has 0 bridgehead atoms. The molecule has 33 heavy (non-hydrogen) atoms. The molecule has 1 atom stereocenters. The van der Waals surface area contributed by atoms with Crippen molar-refractivity contribution in [3.8, 4) is 11.3 Å². The molecule has 1 fully saturated rings. The number of carbonyl (C=O) groups excluding carboxylic acids is 1. The van der Waals surface area contributed by atoms with E-state index >= 15 is 0 Å². The summed E-state index contributed by atoms with van der Waals surface area (Å²) in [6.45, 7) is 5.74. The summed E-state index contributed by atoms with van der Waals surface area (Å²) in [5.74, 6) is 1.22. The van der Waals surface area contributed by atoms with E-state index in [2.05, 4.69) is 10.1 Å². The van der Waals surface area contributed by atoms with E-state index in [0.29, 0.717) is 37.0 Å². The topological polar surface area (TPSA) is 84.6 Å². The van der Waals surface area contributed by atoms with Crippen LogP contribution in [0.2, 0.25) is 0 Å². The average Bonchev–Trinajstić information content (AvgIpc) is 3.28. The molecule has 1 saturated heterocycles. The van der Waals surface area contributed by atoms with Crippen molar-refractivity contribution in [2.45, 2.75) is 45.8 Å². The van der Waals surface area contributed by atoms with Gasteiger partial charge in [0.05, 0.1) is 29.6 Å². The first-order valence-corrected chi connectivity index (χ1v) is 11.4. The van der Waals surface area contributed by atoms with Crippen molar-refractivity contribution in [2.24, 2.45) is 0 Å². The Bertz CT molecular complexity index is 1090. The van der Waals surface area contributed by atoms with Gasteiger partial charge in [-0.05, 0) is 50.8 Å². The molecule has 0 radical (unpaired) electrons. The summed E-state index contributed by atoms with van der Waals surface area (Å²) < 4.78 is 11.0. The van der Waals surface area contributed by atoms with E-state index in [4.69, 9.17) is 14.2 Å². The van der Waals surface area contributed by atoms with Crippen LogP contribution in [0.4, 0.5) is 5.95 Å². The zero-order valence-corrected chi connectivity index (χ0v) is 19.7. The van der Waals surface area contributed by atoms with Crippen LogP contribution in [0, 0.1) is 6.92 Å². The Labute approximate surface area is 194 Å². The van der Waals surface area contributed by atoms with Gasteiger partial charge in [0.1, 0.15) is 0 Å². The van der Waals surface area contributed by atoms with Crippen molar-refractivity contribution in [1.82, 2.24) is 20.0 Å². The maximum Gasteiger partial charge on any atom is 0.254 e. The minimum Gasteiger partial charge on any atom is -0.377 e. The Kier molecular flexibility index (Phi) is 7.03. The molecule has 1 amide bonds. The van der Waals surface area contributed by atoms with Gasteiger partial charge in [-0.15, -0.1) is 0 Å². The van der Waals surface area contributed by atoms with E-state index in [9.17, 15) is 4.79 Å². The second-order valence-corrected chi connectivity index (χ2v) is 8.54. The van der Waals surface area contributed by atoms with Crippen LogP contribution in [0.25, 0.3) is 11.3 Å². The molecule has 3 heterocycles. The quantitative estimate of drug-likeness (QED) is 0.528.